The third kappa shape index (κ3) is 4.89. The van der Waals surface area contributed by atoms with Crippen molar-refractivity contribution in [2.75, 3.05) is 25.7 Å². The van der Waals surface area contributed by atoms with Gasteiger partial charge in [0.2, 0.25) is 4.93 Å². The molecule has 0 radical (unpaired) electrons. The molecule has 0 unspecified atom stereocenters. The molecule has 5 N–H and O–H groups in total. The van der Waals surface area contributed by atoms with Gasteiger partial charge < -0.3 is 25.5 Å². The van der Waals surface area contributed by atoms with Crippen LogP contribution in [0.25, 0.3) is 0 Å². The van der Waals surface area contributed by atoms with E-state index < -0.39 is 56.4 Å². The van der Waals surface area contributed by atoms with E-state index in [1.165, 1.54) is 0 Å². The quantitative estimate of drug-likeness (QED) is 0.272. The van der Waals surface area contributed by atoms with Crippen LogP contribution in [-0.4, -0.2) is 91.3 Å². The Morgan fingerprint density at radius 2 is 1.55 bits per heavy atom. The van der Waals surface area contributed by atoms with Gasteiger partial charge >= 0.3 is 0 Å². The SMILES string of the molecule is CS(=O)(=O)OC[C@@H](O)[C@@H](O)[C@H](O)[C@](O)(CO)S(C)(=O)=O. The van der Waals surface area contributed by atoms with Gasteiger partial charge in [-0.2, -0.15) is 8.42 Å². The fourth-order valence-electron chi connectivity index (χ4n) is 1.20. The summed E-state index contributed by atoms with van der Waals surface area (Å²) < 4.78 is 48.1. The maximum absolute atomic E-state index is 11.3. The topological polar surface area (TPSA) is 179 Å². The van der Waals surface area contributed by atoms with Crippen LogP contribution in [0.5, 0.6) is 0 Å². The second kappa shape index (κ2) is 6.62. The van der Waals surface area contributed by atoms with Gasteiger partial charge in [-0.15, -0.1) is 0 Å². The molecule has 0 aliphatic rings. The van der Waals surface area contributed by atoms with E-state index in [-0.39, 0.29) is 0 Å². The smallest absolute Gasteiger partial charge is 0.264 e. The Morgan fingerprint density at radius 1 is 1.10 bits per heavy atom. The summed E-state index contributed by atoms with van der Waals surface area (Å²) in [4.78, 5) is -3.11. The minimum Gasteiger partial charge on any atom is -0.392 e. The van der Waals surface area contributed by atoms with E-state index in [0.29, 0.717) is 12.5 Å². The van der Waals surface area contributed by atoms with Gasteiger partial charge in [-0.05, 0) is 0 Å². The molecule has 0 aromatic rings. The highest BCUT2D eigenvalue weighted by Gasteiger charge is 2.50. The van der Waals surface area contributed by atoms with Crippen LogP contribution in [0.2, 0.25) is 0 Å². The maximum atomic E-state index is 11.3. The molecule has 0 amide bonds. The van der Waals surface area contributed by atoms with Crippen molar-refractivity contribution in [3.63, 3.8) is 0 Å². The molecule has 12 heteroatoms. The summed E-state index contributed by atoms with van der Waals surface area (Å²) in [6.07, 6.45) is -5.61. The Morgan fingerprint density at radius 3 is 1.85 bits per heavy atom. The summed E-state index contributed by atoms with van der Waals surface area (Å²) >= 11 is 0. The van der Waals surface area contributed by atoms with Gasteiger partial charge in [0, 0.05) is 6.26 Å². The van der Waals surface area contributed by atoms with Crippen LogP contribution in [-0.2, 0) is 24.1 Å². The zero-order valence-corrected chi connectivity index (χ0v) is 12.4. The maximum Gasteiger partial charge on any atom is 0.264 e. The molecule has 122 valence electrons. The molecule has 0 aliphatic heterocycles. The Balaban J connectivity index is 5.05. The predicted molar refractivity (Wildman–Crippen MR) is 65.7 cm³/mol. The number of hydrogen-bond acceptors (Lipinski definition) is 10. The van der Waals surface area contributed by atoms with Crippen molar-refractivity contribution in [3.8, 4) is 0 Å². The molecule has 0 fully saturated rings. The van der Waals surface area contributed by atoms with Crippen LogP contribution >= 0.6 is 0 Å². The predicted octanol–water partition coefficient (Wildman–Crippen LogP) is -4.23. The third-order valence-corrected chi connectivity index (χ3v) is 4.72. The molecule has 0 heterocycles. The zero-order chi connectivity index (χ0) is 16.4. The molecule has 0 aliphatic carbocycles. The third-order valence-electron chi connectivity index (χ3n) is 2.50. The van der Waals surface area contributed by atoms with Crippen molar-refractivity contribution in [3.05, 3.63) is 0 Å². The lowest BCUT2D eigenvalue weighted by molar-refractivity contribution is -0.137. The van der Waals surface area contributed by atoms with Gasteiger partial charge in [0.15, 0.2) is 9.84 Å². The fourth-order valence-corrected chi connectivity index (χ4v) is 2.40. The van der Waals surface area contributed by atoms with E-state index in [0.717, 1.165) is 0 Å². The van der Waals surface area contributed by atoms with Crippen molar-refractivity contribution in [2.45, 2.75) is 23.2 Å². The van der Waals surface area contributed by atoms with Crippen molar-refractivity contribution in [1.82, 2.24) is 0 Å². The monoisotopic (exact) mass is 338 g/mol. The molecule has 20 heavy (non-hydrogen) atoms. The van der Waals surface area contributed by atoms with Crippen LogP contribution in [0, 0.1) is 0 Å². The molecule has 0 spiro atoms. The van der Waals surface area contributed by atoms with Gasteiger partial charge in [0.05, 0.1) is 19.5 Å². The second-order valence-corrected chi connectivity index (χ2v) is 8.16. The first-order chi connectivity index (χ1) is 8.76. The molecule has 0 aromatic carbocycles. The van der Waals surface area contributed by atoms with Crippen LogP contribution in [0.1, 0.15) is 0 Å². The molecular weight excluding hydrogens is 320 g/mol. The molecule has 0 bridgehead atoms. The van der Waals surface area contributed by atoms with Gasteiger partial charge in [-0.3, -0.25) is 4.18 Å². The van der Waals surface area contributed by atoms with Gasteiger partial charge in [-0.1, -0.05) is 0 Å². The summed E-state index contributed by atoms with van der Waals surface area (Å²) in [6, 6.07) is 0. The summed E-state index contributed by atoms with van der Waals surface area (Å²) in [5, 5.41) is 47.0. The van der Waals surface area contributed by atoms with Crippen LogP contribution in [0.3, 0.4) is 0 Å². The lowest BCUT2D eigenvalue weighted by atomic mass is 10.0. The van der Waals surface area contributed by atoms with Crippen molar-refractivity contribution in [1.29, 1.82) is 0 Å². The van der Waals surface area contributed by atoms with Gasteiger partial charge in [-0.25, -0.2) is 8.42 Å². The Hall–Kier alpha value is -0.340. The normalized spacial score (nSPS) is 20.9. The molecule has 10 nitrogen and oxygen atoms in total. The van der Waals surface area contributed by atoms with Gasteiger partial charge in [0.25, 0.3) is 10.1 Å². The lowest BCUT2D eigenvalue weighted by Crippen LogP contribution is -2.59. The Kier molecular flexibility index (Phi) is 6.50. The summed E-state index contributed by atoms with van der Waals surface area (Å²) in [5.41, 5.74) is 0. The molecule has 0 rings (SSSR count). The molecule has 0 aromatic heterocycles. The molecule has 0 saturated carbocycles. The standard InChI is InChI=1S/C8H18O10S2/c1-19(14,15)8(13,4-9)7(12)6(11)5(10)3-18-20(2,16)17/h5-7,9-13H,3-4H2,1-2H3/t5-,6-,7+,8+/m1/s1. The highest BCUT2D eigenvalue weighted by molar-refractivity contribution is 7.92. The highest BCUT2D eigenvalue weighted by Crippen LogP contribution is 2.22. The highest BCUT2D eigenvalue weighted by atomic mass is 32.2. The first kappa shape index (κ1) is 19.7. The summed E-state index contributed by atoms with van der Waals surface area (Å²) in [5.74, 6) is 0. The first-order valence-electron chi connectivity index (χ1n) is 5.17. The molecule has 4 atom stereocenters. The number of hydrogen-bond donors (Lipinski definition) is 5. The van der Waals surface area contributed by atoms with E-state index >= 15 is 0 Å². The minimum absolute atomic E-state index is 0.499. The Labute approximate surface area is 116 Å². The summed E-state index contributed by atoms with van der Waals surface area (Å²) in [7, 11) is -8.34. The van der Waals surface area contributed by atoms with E-state index in [1.54, 1.807) is 0 Å². The first-order valence-corrected chi connectivity index (χ1v) is 8.88. The lowest BCUT2D eigenvalue weighted by Gasteiger charge is -2.33. The minimum atomic E-state index is -4.41. The van der Waals surface area contributed by atoms with E-state index in [9.17, 15) is 37.3 Å². The molecule has 0 saturated heterocycles. The van der Waals surface area contributed by atoms with Crippen molar-refractivity contribution in [2.24, 2.45) is 0 Å². The Bertz CT molecular complexity index is 511. The van der Waals surface area contributed by atoms with Crippen LogP contribution in [0.4, 0.5) is 0 Å². The summed E-state index contributed by atoms with van der Waals surface area (Å²) in [6.45, 7) is -2.41. The number of aliphatic hydroxyl groups excluding tert-OH is 4. The average Bonchev–Trinajstić information content (AvgIpc) is 2.30. The number of sulfone groups is 1. The zero-order valence-electron chi connectivity index (χ0n) is 10.7. The largest absolute Gasteiger partial charge is 0.392 e. The van der Waals surface area contributed by atoms with E-state index in [1.807, 2.05) is 0 Å². The second-order valence-electron chi connectivity index (χ2n) is 4.27. The van der Waals surface area contributed by atoms with Crippen molar-refractivity contribution < 1.29 is 46.6 Å². The average molecular weight is 338 g/mol. The van der Waals surface area contributed by atoms with Gasteiger partial charge in [0.1, 0.15) is 18.3 Å². The number of aliphatic hydroxyl groups is 5. The van der Waals surface area contributed by atoms with E-state index in [4.69, 9.17) is 5.11 Å². The van der Waals surface area contributed by atoms with E-state index in [2.05, 4.69) is 4.18 Å². The fraction of sp³-hybridized carbons (Fsp3) is 1.00. The van der Waals surface area contributed by atoms with Crippen LogP contribution < -0.4 is 0 Å². The van der Waals surface area contributed by atoms with Crippen molar-refractivity contribution >= 4 is 20.0 Å². The molecular formula is C8H18O10S2. The van der Waals surface area contributed by atoms with Crippen LogP contribution in [0.15, 0.2) is 0 Å². The number of rotatable bonds is 8.